The van der Waals surface area contributed by atoms with Crippen LogP contribution in [-0.4, -0.2) is 24.4 Å². The first-order chi connectivity index (χ1) is 11.0. The van der Waals surface area contributed by atoms with Crippen molar-refractivity contribution >= 4 is 5.91 Å². The first-order valence-electron chi connectivity index (χ1n) is 7.39. The number of halogens is 2. The van der Waals surface area contributed by atoms with E-state index in [1.165, 1.54) is 12.1 Å². The molecular weight excluding hydrogens is 298 g/mol. The van der Waals surface area contributed by atoms with E-state index in [-0.39, 0.29) is 19.0 Å². The highest BCUT2D eigenvalue weighted by molar-refractivity contribution is 5.78. The Balaban J connectivity index is 1.84. The van der Waals surface area contributed by atoms with Gasteiger partial charge in [0.15, 0.2) is 0 Å². The first kappa shape index (κ1) is 17.1. The van der Waals surface area contributed by atoms with Gasteiger partial charge in [0.1, 0.15) is 11.6 Å². The van der Waals surface area contributed by atoms with Crippen LogP contribution in [0.4, 0.5) is 8.78 Å². The molecule has 23 heavy (non-hydrogen) atoms. The quantitative estimate of drug-likeness (QED) is 0.888. The van der Waals surface area contributed by atoms with Crippen LogP contribution in [0.5, 0.6) is 0 Å². The molecule has 3 nitrogen and oxygen atoms in total. The van der Waals surface area contributed by atoms with Crippen molar-refractivity contribution in [1.29, 1.82) is 0 Å². The third-order valence-electron chi connectivity index (χ3n) is 3.61. The molecule has 0 fully saturated rings. The Labute approximate surface area is 134 Å². The van der Waals surface area contributed by atoms with Gasteiger partial charge in [-0.2, -0.15) is 0 Å². The topological polar surface area (TPSA) is 32.3 Å². The fourth-order valence-electron chi connectivity index (χ4n) is 2.30. The number of rotatable bonds is 6. The third-order valence-corrected chi connectivity index (χ3v) is 3.61. The summed E-state index contributed by atoms with van der Waals surface area (Å²) in [5.74, 6) is -1.35. The van der Waals surface area contributed by atoms with Crippen molar-refractivity contribution in [2.75, 3.05) is 13.6 Å². The molecule has 2 rings (SSSR count). The van der Waals surface area contributed by atoms with Gasteiger partial charge in [-0.3, -0.25) is 9.69 Å². The maximum atomic E-state index is 13.6. The Morgan fingerprint density at radius 2 is 1.87 bits per heavy atom. The van der Waals surface area contributed by atoms with Crippen molar-refractivity contribution in [2.24, 2.45) is 0 Å². The molecule has 0 saturated carbocycles. The van der Waals surface area contributed by atoms with E-state index in [1.807, 2.05) is 31.2 Å². The molecule has 122 valence electrons. The predicted molar refractivity (Wildman–Crippen MR) is 85.7 cm³/mol. The molecule has 2 aromatic rings. The van der Waals surface area contributed by atoms with Crippen LogP contribution in [-0.2, 0) is 17.9 Å². The smallest absolute Gasteiger partial charge is 0.234 e. The maximum absolute atomic E-state index is 13.6. The number of hydrogen-bond donors (Lipinski definition) is 1. The molecule has 0 aromatic heterocycles. The molecule has 0 spiro atoms. The number of carbonyl (C=O) groups excluding carboxylic acids is 1. The van der Waals surface area contributed by atoms with Crippen LogP contribution in [0.1, 0.15) is 16.7 Å². The summed E-state index contributed by atoms with van der Waals surface area (Å²) in [5.41, 5.74) is 2.54. The van der Waals surface area contributed by atoms with Crippen molar-refractivity contribution < 1.29 is 13.6 Å². The molecule has 0 aliphatic heterocycles. The van der Waals surface area contributed by atoms with E-state index in [9.17, 15) is 13.6 Å². The lowest BCUT2D eigenvalue weighted by molar-refractivity contribution is -0.122. The predicted octanol–water partition coefficient (Wildman–Crippen LogP) is 3.02. The largest absolute Gasteiger partial charge is 0.351 e. The fourth-order valence-corrected chi connectivity index (χ4v) is 2.30. The average Bonchev–Trinajstić information content (AvgIpc) is 2.49. The molecule has 0 unspecified atom stereocenters. The molecule has 0 heterocycles. The second-order valence-electron chi connectivity index (χ2n) is 5.61. The highest BCUT2D eigenvalue weighted by atomic mass is 19.1. The normalized spacial score (nSPS) is 10.8. The molecule has 0 aliphatic carbocycles. The minimum atomic E-state index is -0.607. The first-order valence-corrected chi connectivity index (χ1v) is 7.39. The molecule has 0 atom stereocenters. The van der Waals surface area contributed by atoms with Gasteiger partial charge in [-0.15, -0.1) is 0 Å². The molecule has 1 amide bonds. The van der Waals surface area contributed by atoms with Gasteiger partial charge < -0.3 is 5.32 Å². The standard InChI is InChI=1S/C18H20F2N2O/c1-13-5-3-4-6-14(13)10-21-18(23)12-22(2)11-15-7-8-16(19)9-17(15)20/h3-9H,10-12H2,1-2H3,(H,21,23). The zero-order valence-electron chi connectivity index (χ0n) is 13.3. The summed E-state index contributed by atoms with van der Waals surface area (Å²) in [5, 5.41) is 2.85. The summed E-state index contributed by atoms with van der Waals surface area (Å²) in [4.78, 5) is 13.6. The Morgan fingerprint density at radius 1 is 1.13 bits per heavy atom. The maximum Gasteiger partial charge on any atom is 0.234 e. The van der Waals surface area contributed by atoms with Crippen LogP contribution < -0.4 is 5.32 Å². The third kappa shape index (κ3) is 5.14. The summed E-state index contributed by atoms with van der Waals surface area (Å²) in [6.07, 6.45) is 0. The SMILES string of the molecule is Cc1ccccc1CNC(=O)CN(C)Cc1ccc(F)cc1F. The van der Waals surface area contributed by atoms with Gasteiger partial charge in [0, 0.05) is 24.7 Å². The second kappa shape index (κ2) is 7.83. The van der Waals surface area contributed by atoms with Crippen LogP contribution in [0.15, 0.2) is 42.5 Å². The Kier molecular flexibility index (Phi) is 5.82. The minimum Gasteiger partial charge on any atom is -0.351 e. The monoisotopic (exact) mass is 318 g/mol. The summed E-state index contributed by atoms with van der Waals surface area (Å²) >= 11 is 0. The second-order valence-corrected chi connectivity index (χ2v) is 5.61. The Hall–Kier alpha value is -2.27. The highest BCUT2D eigenvalue weighted by Crippen LogP contribution is 2.11. The zero-order chi connectivity index (χ0) is 16.8. The Morgan fingerprint density at radius 3 is 2.57 bits per heavy atom. The van der Waals surface area contributed by atoms with Crippen molar-refractivity contribution in [3.63, 3.8) is 0 Å². The molecule has 0 aliphatic rings. The molecular formula is C18H20F2N2O. The van der Waals surface area contributed by atoms with Crippen molar-refractivity contribution in [3.8, 4) is 0 Å². The number of nitrogens with one attached hydrogen (secondary N) is 1. The van der Waals surface area contributed by atoms with Crippen molar-refractivity contribution in [3.05, 3.63) is 70.8 Å². The highest BCUT2D eigenvalue weighted by Gasteiger charge is 2.10. The molecule has 0 radical (unpaired) electrons. The number of aryl methyl sites for hydroxylation is 1. The lowest BCUT2D eigenvalue weighted by atomic mass is 10.1. The van der Waals surface area contributed by atoms with Gasteiger partial charge in [-0.1, -0.05) is 30.3 Å². The minimum absolute atomic E-state index is 0.140. The van der Waals surface area contributed by atoms with E-state index in [1.54, 1.807) is 11.9 Å². The van der Waals surface area contributed by atoms with E-state index in [4.69, 9.17) is 0 Å². The molecule has 5 heteroatoms. The number of amides is 1. The van der Waals surface area contributed by atoms with Gasteiger partial charge in [0.2, 0.25) is 5.91 Å². The fraction of sp³-hybridized carbons (Fsp3) is 0.278. The summed E-state index contributed by atoms with van der Waals surface area (Å²) in [7, 11) is 1.72. The average molecular weight is 318 g/mol. The van der Waals surface area contributed by atoms with Crippen LogP contribution in [0, 0.1) is 18.6 Å². The summed E-state index contributed by atoms with van der Waals surface area (Å²) in [6, 6.07) is 11.3. The lowest BCUT2D eigenvalue weighted by Crippen LogP contribution is -2.34. The van der Waals surface area contributed by atoms with E-state index in [0.717, 1.165) is 17.2 Å². The van der Waals surface area contributed by atoms with E-state index < -0.39 is 11.6 Å². The summed E-state index contributed by atoms with van der Waals surface area (Å²) < 4.78 is 26.5. The molecule has 0 bridgehead atoms. The van der Waals surface area contributed by atoms with Crippen LogP contribution in [0.25, 0.3) is 0 Å². The Bertz CT molecular complexity index is 688. The van der Waals surface area contributed by atoms with Crippen LogP contribution in [0.2, 0.25) is 0 Å². The van der Waals surface area contributed by atoms with Gasteiger partial charge in [0.05, 0.1) is 6.54 Å². The zero-order valence-corrected chi connectivity index (χ0v) is 13.3. The molecule has 2 aromatic carbocycles. The van der Waals surface area contributed by atoms with Crippen LogP contribution >= 0.6 is 0 Å². The van der Waals surface area contributed by atoms with E-state index >= 15 is 0 Å². The van der Waals surface area contributed by atoms with E-state index in [2.05, 4.69) is 5.32 Å². The lowest BCUT2D eigenvalue weighted by Gasteiger charge is -2.17. The van der Waals surface area contributed by atoms with Crippen molar-refractivity contribution in [2.45, 2.75) is 20.0 Å². The summed E-state index contributed by atoms with van der Waals surface area (Å²) in [6.45, 7) is 2.84. The molecule has 1 N–H and O–H groups in total. The van der Waals surface area contributed by atoms with Gasteiger partial charge in [-0.25, -0.2) is 8.78 Å². The number of likely N-dealkylation sites (N-methyl/N-ethyl adjacent to an activating group) is 1. The van der Waals surface area contributed by atoms with E-state index in [0.29, 0.717) is 12.1 Å². The number of carbonyl (C=O) groups is 1. The molecule has 0 saturated heterocycles. The van der Waals surface area contributed by atoms with Gasteiger partial charge in [-0.05, 0) is 31.2 Å². The van der Waals surface area contributed by atoms with Crippen molar-refractivity contribution in [1.82, 2.24) is 10.2 Å². The van der Waals surface area contributed by atoms with Gasteiger partial charge >= 0.3 is 0 Å². The van der Waals surface area contributed by atoms with Crippen LogP contribution in [0.3, 0.4) is 0 Å². The number of nitrogens with zero attached hydrogens (tertiary/aromatic N) is 1. The van der Waals surface area contributed by atoms with Gasteiger partial charge in [0.25, 0.3) is 0 Å². The number of benzene rings is 2. The number of hydrogen-bond acceptors (Lipinski definition) is 2.